The van der Waals surface area contributed by atoms with E-state index in [1.165, 1.54) is 4.31 Å². The van der Waals surface area contributed by atoms with Crippen LogP contribution in [0.5, 0.6) is 5.75 Å². The molecule has 0 aliphatic carbocycles. The quantitative estimate of drug-likeness (QED) is 0.615. The first-order valence-corrected chi connectivity index (χ1v) is 11.3. The molecule has 0 spiro atoms. The summed E-state index contributed by atoms with van der Waals surface area (Å²) in [6.07, 6.45) is 2.90. The number of ether oxygens (including phenoxy) is 1. The van der Waals surface area contributed by atoms with Crippen LogP contribution in [0.2, 0.25) is 0 Å². The molecule has 9 nitrogen and oxygen atoms in total. The van der Waals surface area contributed by atoms with Gasteiger partial charge in [0.15, 0.2) is 0 Å². The number of sulfonamides is 1. The number of benzene rings is 1. The van der Waals surface area contributed by atoms with Crippen LogP contribution in [0.3, 0.4) is 0 Å². The van der Waals surface area contributed by atoms with Crippen LogP contribution in [-0.4, -0.2) is 52.6 Å². The Morgan fingerprint density at radius 2 is 2.00 bits per heavy atom. The first-order valence-electron chi connectivity index (χ1n) is 9.82. The predicted molar refractivity (Wildman–Crippen MR) is 112 cm³/mol. The lowest BCUT2D eigenvalue weighted by molar-refractivity contribution is -0.118. The molecular formula is C20H25N5O4S. The second-order valence-electron chi connectivity index (χ2n) is 7.58. The average Bonchev–Trinajstić information content (AvgIpc) is 3.26. The summed E-state index contributed by atoms with van der Waals surface area (Å²) in [5.41, 5.74) is 7.22. The third-order valence-corrected chi connectivity index (χ3v) is 7.62. The smallest absolute Gasteiger partial charge is 0.246 e. The third-order valence-electron chi connectivity index (χ3n) is 5.45. The predicted octanol–water partition coefficient (Wildman–Crippen LogP) is 1.70. The number of primary amides is 1. The number of nitrogens with one attached hydrogen (secondary N) is 1. The summed E-state index contributed by atoms with van der Waals surface area (Å²) in [6.45, 7) is 4.28. The average molecular weight is 432 g/mol. The third kappa shape index (κ3) is 3.68. The first-order chi connectivity index (χ1) is 14.3. The van der Waals surface area contributed by atoms with E-state index >= 15 is 0 Å². The van der Waals surface area contributed by atoms with Gasteiger partial charge in [-0.05, 0) is 44.9 Å². The Kier molecular flexibility index (Phi) is 5.29. The van der Waals surface area contributed by atoms with Gasteiger partial charge >= 0.3 is 0 Å². The van der Waals surface area contributed by atoms with Crippen LogP contribution in [-0.2, 0) is 21.4 Å². The highest BCUT2D eigenvalue weighted by molar-refractivity contribution is 7.89. The Morgan fingerprint density at radius 3 is 2.63 bits per heavy atom. The van der Waals surface area contributed by atoms with Crippen LogP contribution in [0.25, 0.3) is 10.9 Å². The van der Waals surface area contributed by atoms with Crippen molar-refractivity contribution in [3.8, 4) is 5.75 Å². The van der Waals surface area contributed by atoms with Crippen molar-refractivity contribution in [2.24, 2.45) is 5.73 Å². The van der Waals surface area contributed by atoms with Gasteiger partial charge in [-0.1, -0.05) is 6.07 Å². The zero-order chi connectivity index (χ0) is 21.5. The SMILES string of the molecule is Cc1n[nH]c(C)c1S(=O)(=O)N1CCC(Oc2cccc3c2ccn3CC(N)=O)CC1. The number of aromatic nitrogens is 3. The highest BCUT2D eigenvalue weighted by atomic mass is 32.2. The molecule has 0 bridgehead atoms. The van der Waals surface area contributed by atoms with Gasteiger partial charge in [-0.3, -0.25) is 9.89 Å². The van der Waals surface area contributed by atoms with E-state index in [-0.39, 0.29) is 17.5 Å². The molecule has 10 heteroatoms. The monoisotopic (exact) mass is 431 g/mol. The lowest BCUT2D eigenvalue weighted by Gasteiger charge is -2.31. The number of amides is 1. The maximum absolute atomic E-state index is 13.0. The van der Waals surface area contributed by atoms with Crippen LogP contribution in [0.15, 0.2) is 35.4 Å². The molecule has 30 heavy (non-hydrogen) atoms. The van der Waals surface area contributed by atoms with Gasteiger partial charge in [-0.2, -0.15) is 9.40 Å². The minimum absolute atomic E-state index is 0.0897. The number of hydrogen-bond donors (Lipinski definition) is 2. The number of piperidine rings is 1. The zero-order valence-corrected chi connectivity index (χ0v) is 17.8. The molecule has 160 valence electrons. The van der Waals surface area contributed by atoms with Gasteiger partial charge in [0.1, 0.15) is 23.3 Å². The molecule has 4 rings (SSSR count). The van der Waals surface area contributed by atoms with Gasteiger partial charge in [0.25, 0.3) is 0 Å². The highest BCUT2D eigenvalue weighted by Gasteiger charge is 2.33. The van der Waals surface area contributed by atoms with Crippen molar-refractivity contribution in [2.75, 3.05) is 13.1 Å². The van der Waals surface area contributed by atoms with Crippen LogP contribution in [0, 0.1) is 13.8 Å². The van der Waals surface area contributed by atoms with E-state index in [2.05, 4.69) is 10.2 Å². The van der Waals surface area contributed by atoms with Crippen molar-refractivity contribution in [2.45, 2.75) is 44.2 Å². The molecule has 1 amide bonds. The summed E-state index contributed by atoms with van der Waals surface area (Å²) >= 11 is 0. The second kappa shape index (κ2) is 7.77. The standard InChI is InChI=1S/C20H25N5O4S/c1-13-20(14(2)23-22-13)30(27,28)25-10-6-15(7-11-25)29-18-5-3-4-17-16(18)8-9-24(17)12-19(21)26/h3-5,8-9,15H,6-7,10-12H2,1-2H3,(H2,21,26)(H,22,23). The fourth-order valence-electron chi connectivity index (χ4n) is 4.02. The molecule has 1 aromatic carbocycles. The van der Waals surface area contributed by atoms with E-state index in [1.807, 2.05) is 30.5 Å². The lowest BCUT2D eigenvalue weighted by Crippen LogP contribution is -2.42. The zero-order valence-electron chi connectivity index (χ0n) is 17.0. The summed E-state index contributed by atoms with van der Waals surface area (Å²) < 4.78 is 35.5. The highest BCUT2D eigenvalue weighted by Crippen LogP contribution is 2.30. The van der Waals surface area contributed by atoms with Gasteiger partial charge in [-0.25, -0.2) is 8.42 Å². The Balaban J connectivity index is 1.47. The summed E-state index contributed by atoms with van der Waals surface area (Å²) in [7, 11) is -3.58. The number of aryl methyl sites for hydroxylation is 2. The Bertz CT molecular complexity index is 1170. The summed E-state index contributed by atoms with van der Waals surface area (Å²) in [5.74, 6) is 0.314. The van der Waals surface area contributed by atoms with Crippen molar-refractivity contribution in [1.82, 2.24) is 19.1 Å². The van der Waals surface area contributed by atoms with Gasteiger partial charge < -0.3 is 15.0 Å². The Hall–Kier alpha value is -2.85. The van der Waals surface area contributed by atoms with Crippen LogP contribution < -0.4 is 10.5 Å². The minimum Gasteiger partial charge on any atom is -0.490 e. The maximum Gasteiger partial charge on any atom is 0.246 e. The second-order valence-corrected chi connectivity index (χ2v) is 9.46. The fourth-order valence-corrected chi connectivity index (χ4v) is 5.82. The number of carbonyl (C=O) groups excluding carboxylic acids is 1. The van der Waals surface area contributed by atoms with Crippen LogP contribution >= 0.6 is 0 Å². The number of hydrogen-bond acceptors (Lipinski definition) is 5. The molecule has 3 heterocycles. The molecule has 1 fully saturated rings. The number of nitrogens with zero attached hydrogens (tertiary/aromatic N) is 3. The molecule has 1 saturated heterocycles. The molecule has 3 aromatic rings. The topological polar surface area (TPSA) is 123 Å². The summed E-state index contributed by atoms with van der Waals surface area (Å²) in [5, 5.41) is 7.65. The van der Waals surface area contributed by atoms with Gasteiger partial charge in [-0.15, -0.1) is 0 Å². The molecule has 1 aliphatic heterocycles. The normalized spacial score (nSPS) is 16.2. The number of carbonyl (C=O) groups is 1. The summed E-state index contributed by atoms with van der Waals surface area (Å²) in [6, 6.07) is 7.57. The van der Waals surface area contributed by atoms with Crippen molar-refractivity contribution in [3.63, 3.8) is 0 Å². The van der Waals surface area contributed by atoms with E-state index in [0.29, 0.717) is 37.3 Å². The van der Waals surface area contributed by atoms with Crippen molar-refractivity contribution >= 4 is 26.8 Å². The number of aromatic amines is 1. The molecule has 3 N–H and O–H groups in total. The number of rotatable bonds is 6. The Labute approximate surface area is 174 Å². The van der Waals surface area contributed by atoms with Gasteiger partial charge in [0.05, 0.1) is 16.9 Å². The molecule has 0 saturated carbocycles. The van der Waals surface area contributed by atoms with Gasteiger partial charge in [0, 0.05) is 24.7 Å². The van der Waals surface area contributed by atoms with Crippen LogP contribution in [0.1, 0.15) is 24.2 Å². The van der Waals surface area contributed by atoms with E-state index in [9.17, 15) is 13.2 Å². The minimum atomic E-state index is -3.58. The molecule has 1 aliphatic rings. The molecule has 0 radical (unpaired) electrons. The number of nitrogens with two attached hydrogens (primary N) is 1. The summed E-state index contributed by atoms with van der Waals surface area (Å²) in [4.78, 5) is 11.5. The molecule has 0 unspecified atom stereocenters. The van der Waals surface area contributed by atoms with Gasteiger partial charge in [0.2, 0.25) is 15.9 Å². The first kappa shape index (κ1) is 20.4. The fraction of sp³-hybridized carbons (Fsp3) is 0.400. The molecule has 0 atom stereocenters. The molecular weight excluding hydrogens is 406 g/mol. The van der Waals surface area contributed by atoms with E-state index in [4.69, 9.17) is 10.5 Å². The van der Waals surface area contributed by atoms with Crippen molar-refractivity contribution in [1.29, 1.82) is 0 Å². The maximum atomic E-state index is 13.0. The number of H-pyrrole nitrogens is 1. The van der Waals surface area contributed by atoms with Crippen molar-refractivity contribution < 1.29 is 17.9 Å². The van der Waals surface area contributed by atoms with Crippen LogP contribution in [0.4, 0.5) is 0 Å². The van der Waals surface area contributed by atoms with E-state index < -0.39 is 15.9 Å². The molecule has 2 aromatic heterocycles. The van der Waals surface area contributed by atoms with Crippen molar-refractivity contribution in [3.05, 3.63) is 41.9 Å². The van der Waals surface area contributed by atoms with E-state index in [1.54, 1.807) is 18.4 Å². The lowest BCUT2D eigenvalue weighted by atomic mass is 10.1. The Morgan fingerprint density at radius 1 is 1.27 bits per heavy atom. The number of fused-ring (bicyclic) bond motifs is 1. The largest absolute Gasteiger partial charge is 0.490 e. The van der Waals surface area contributed by atoms with E-state index in [0.717, 1.165) is 16.7 Å².